The van der Waals surface area contributed by atoms with Crippen LogP contribution in [0.5, 0.6) is 5.88 Å². The van der Waals surface area contributed by atoms with Gasteiger partial charge in [-0.1, -0.05) is 11.6 Å². The maximum absolute atomic E-state index is 5.90. The highest BCUT2D eigenvalue weighted by Gasteiger charge is 2.14. The highest BCUT2D eigenvalue weighted by Crippen LogP contribution is 2.20. The summed E-state index contributed by atoms with van der Waals surface area (Å²) in [5.74, 6) is 0.466. The van der Waals surface area contributed by atoms with E-state index in [9.17, 15) is 0 Å². The Hall–Kier alpha value is -0.840. The van der Waals surface area contributed by atoms with Gasteiger partial charge in [0.2, 0.25) is 5.88 Å². The highest BCUT2D eigenvalue weighted by atomic mass is 35.5. The Kier molecular flexibility index (Phi) is 3.77. The van der Waals surface area contributed by atoms with Crippen LogP contribution in [0.3, 0.4) is 0 Å². The van der Waals surface area contributed by atoms with Crippen LogP contribution < -0.4 is 10.1 Å². The second-order valence-corrected chi connectivity index (χ2v) is 3.71. The molecule has 0 saturated carbocycles. The quantitative estimate of drug-likeness (QED) is 0.842. The van der Waals surface area contributed by atoms with Gasteiger partial charge in [0.15, 0.2) is 0 Å². The molecule has 0 aliphatic carbocycles. The SMILES string of the molecule is Clc1cccnc1OCC1CNCCO1. The fourth-order valence-electron chi connectivity index (χ4n) is 1.38. The highest BCUT2D eigenvalue weighted by molar-refractivity contribution is 6.31. The summed E-state index contributed by atoms with van der Waals surface area (Å²) in [7, 11) is 0. The molecule has 1 N–H and O–H groups in total. The summed E-state index contributed by atoms with van der Waals surface area (Å²) >= 11 is 5.90. The number of halogens is 1. The van der Waals surface area contributed by atoms with Crippen LogP contribution in [0.1, 0.15) is 0 Å². The van der Waals surface area contributed by atoms with E-state index >= 15 is 0 Å². The van der Waals surface area contributed by atoms with Gasteiger partial charge in [-0.05, 0) is 12.1 Å². The van der Waals surface area contributed by atoms with Crippen molar-refractivity contribution in [2.45, 2.75) is 6.10 Å². The molecule has 15 heavy (non-hydrogen) atoms. The number of hydrogen-bond acceptors (Lipinski definition) is 4. The minimum Gasteiger partial charge on any atom is -0.474 e. The smallest absolute Gasteiger partial charge is 0.232 e. The first-order valence-electron chi connectivity index (χ1n) is 4.92. The van der Waals surface area contributed by atoms with E-state index in [4.69, 9.17) is 21.1 Å². The monoisotopic (exact) mass is 228 g/mol. The lowest BCUT2D eigenvalue weighted by Gasteiger charge is -2.23. The fourth-order valence-corrected chi connectivity index (χ4v) is 1.55. The lowest BCUT2D eigenvalue weighted by Crippen LogP contribution is -2.41. The van der Waals surface area contributed by atoms with E-state index in [1.807, 2.05) is 0 Å². The molecular formula is C10H13ClN2O2. The minimum atomic E-state index is 0.0804. The van der Waals surface area contributed by atoms with Crippen molar-refractivity contribution in [2.75, 3.05) is 26.3 Å². The van der Waals surface area contributed by atoms with Gasteiger partial charge in [0.25, 0.3) is 0 Å². The first-order chi connectivity index (χ1) is 7.36. The van der Waals surface area contributed by atoms with Crippen molar-refractivity contribution >= 4 is 11.6 Å². The van der Waals surface area contributed by atoms with E-state index < -0.39 is 0 Å². The average Bonchev–Trinajstić information content (AvgIpc) is 2.29. The molecule has 82 valence electrons. The van der Waals surface area contributed by atoms with Gasteiger partial charge >= 0.3 is 0 Å². The van der Waals surface area contributed by atoms with Crippen LogP contribution in [0, 0.1) is 0 Å². The molecule has 1 aliphatic heterocycles. The lowest BCUT2D eigenvalue weighted by molar-refractivity contribution is -0.000714. The van der Waals surface area contributed by atoms with Gasteiger partial charge in [0, 0.05) is 19.3 Å². The van der Waals surface area contributed by atoms with Crippen LogP contribution >= 0.6 is 11.6 Å². The molecule has 1 aromatic rings. The predicted molar refractivity (Wildman–Crippen MR) is 57.4 cm³/mol. The normalized spacial score (nSPS) is 21.3. The zero-order valence-corrected chi connectivity index (χ0v) is 9.04. The van der Waals surface area contributed by atoms with Crippen molar-refractivity contribution in [3.05, 3.63) is 23.4 Å². The van der Waals surface area contributed by atoms with E-state index in [0.717, 1.165) is 19.7 Å². The molecule has 0 spiro atoms. The summed E-state index contributed by atoms with van der Waals surface area (Å²) in [5.41, 5.74) is 0. The number of nitrogens with zero attached hydrogens (tertiary/aromatic N) is 1. The Morgan fingerprint density at radius 2 is 2.60 bits per heavy atom. The van der Waals surface area contributed by atoms with Crippen molar-refractivity contribution < 1.29 is 9.47 Å². The number of hydrogen-bond donors (Lipinski definition) is 1. The lowest BCUT2D eigenvalue weighted by atomic mass is 10.3. The summed E-state index contributed by atoms with van der Waals surface area (Å²) in [5, 5.41) is 3.76. The van der Waals surface area contributed by atoms with E-state index in [1.54, 1.807) is 18.3 Å². The molecule has 5 heteroatoms. The second-order valence-electron chi connectivity index (χ2n) is 3.30. The molecule has 2 rings (SSSR count). The zero-order valence-electron chi connectivity index (χ0n) is 8.28. The van der Waals surface area contributed by atoms with Crippen LogP contribution in [-0.2, 0) is 4.74 Å². The van der Waals surface area contributed by atoms with Crippen LogP contribution in [0.4, 0.5) is 0 Å². The number of pyridine rings is 1. The maximum Gasteiger partial charge on any atom is 0.232 e. The van der Waals surface area contributed by atoms with Crippen LogP contribution in [0.25, 0.3) is 0 Å². The standard InChI is InChI=1S/C10H13ClN2O2/c11-9-2-1-3-13-10(9)15-7-8-6-12-4-5-14-8/h1-3,8,12H,4-7H2. The third-order valence-electron chi connectivity index (χ3n) is 2.14. The zero-order chi connectivity index (χ0) is 10.5. The molecule has 0 aromatic carbocycles. The van der Waals surface area contributed by atoms with Gasteiger partial charge in [-0.15, -0.1) is 0 Å². The van der Waals surface area contributed by atoms with E-state index in [1.165, 1.54) is 0 Å². The molecule has 2 heterocycles. The summed E-state index contributed by atoms with van der Waals surface area (Å²) < 4.78 is 10.9. The topological polar surface area (TPSA) is 43.4 Å². The number of rotatable bonds is 3. The van der Waals surface area contributed by atoms with Crippen molar-refractivity contribution in [1.82, 2.24) is 10.3 Å². The van der Waals surface area contributed by atoms with Crippen molar-refractivity contribution in [3.8, 4) is 5.88 Å². The van der Waals surface area contributed by atoms with Crippen LogP contribution in [-0.4, -0.2) is 37.4 Å². The van der Waals surface area contributed by atoms with Crippen LogP contribution in [0.15, 0.2) is 18.3 Å². The third kappa shape index (κ3) is 3.06. The molecular weight excluding hydrogens is 216 g/mol. The molecule has 0 amide bonds. The maximum atomic E-state index is 5.90. The fraction of sp³-hybridized carbons (Fsp3) is 0.500. The van der Waals surface area contributed by atoms with E-state index in [2.05, 4.69) is 10.3 Å². The van der Waals surface area contributed by atoms with Gasteiger partial charge in [0.1, 0.15) is 17.7 Å². The number of morpholine rings is 1. The number of aromatic nitrogens is 1. The molecule has 1 fully saturated rings. The van der Waals surface area contributed by atoms with E-state index in [0.29, 0.717) is 17.5 Å². The van der Waals surface area contributed by atoms with Crippen molar-refractivity contribution in [3.63, 3.8) is 0 Å². The number of ether oxygens (including phenoxy) is 2. The first-order valence-corrected chi connectivity index (χ1v) is 5.29. The summed E-state index contributed by atoms with van der Waals surface area (Å²) in [6, 6.07) is 3.53. The van der Waals surface area contributed by atoms with Gasteiger partial charge < -0.3 is 14.8 Å². The molecule has 1 aromatic heterocycles. The molecule has 4 nitrogen and oxygen atoms in total. The Morgan fingerprint density at radius 3 is 3.33 bits per heavy atom. The van der Waals surface area contributed by atoms with Crippen LogP contribution in [0.2, 0.25) is 5.02 Å². The summed E-state index contributed by atoms with van der Waals surface area (Å²) in [4.78, 5) is 4.03. The summed E-state index contributed by atoms with van der Waals surface area (Å²) in [6.07, 6.45) is 1.73. The van der Waals surface area contributed by atoms with Gasteiger partial charge in [0.05, 0.1) is 6.61 Å². The molecule has 1 saturated heterocycles. The van der Waals surface area contributed by atoms with E-state index in [-0.39, 0.29) is 6.10 Å². The molecule has 0 bridgehead atoms. The summed E-state index contributed by atoms with van der Waals surface area (Å²) in [6.45, 7) is 2.92. The second kappa shape index (κ2) is 5.30. The Morgan fingerprint density at radius 1 is 1.67 bits per heavy atom. The Balaban J connectivity index is 1.84. The first kappa shape index (κ1) is 10.7. The third-order valence-corrected chi connectivity index (χ3v) is 2.42. The largest absolute Gasteiger partial charge is 0.474 e. The van der Waals surface area contributed by atoms with Gasteiger partial charge in [-0.2, -0.15) is 0 Å². The number of nitrogens with one attached hydrogen (secondary N) is 1. The van der Waals surface area contributed by atoms with Crippen molar-refractivity contribution in [2.24, 2.45) is 0 Å². The molecule has 1 atom stereocenters. The molecule has 0 radical (unpaired) electrons. The van der Waals surface area contributed by atoms with Gasteiger partial charge in [-0.3, -0.25) is 0 Å². The van der Waals surface area contributed by atoms with Gasteiger partial charge in [-0.25, -0.2) is 4.98 Å². The molecule has 1 aliphatic rings. The van der Waals surface area contributed by atoms with Crippen molar-refractivity contribution in [1.29, 1.82) is 0 Å². The predicted octanol–water partition coefficient (Wildman–Crippen LogP) is 1.10. The molecule has 1 unspecified atom stereocenters. The minimum absolute atomic E-state index is 0.0804. The Labute approximate surface area is 93.6 Å². The Bertz CT molecular complexity index is 316. The average molecular weight is 229 g/mol.